The van der Waals surface area contributed by atoms with Crippen LogP contribution in [0, 0.1) is 22.9 Å². The molecule has 1 amide bonds. The van der Waals surface area contributed by atoms with E-state index in [4.69, 9.17) is 0 Å². The van der Waals surface area contributed by atoms with E-state index in [-0.39, 0.29) is 5.69 Å². The molecule has 8 heteroatoms. The summed E-state index contributed by atoms with van der Waals surface area (Å²) in [5.41, 5.74) is -0.0573. The second-order valence-electron chi connectivity index (χ2n) is 4.17. The second-order valence-corrected chi connectivity index (χ2v) is 4.17. The summed E-state index contributed by atoms with van der Waals surface area (Å²) in [7, 11) is 1.62. The van der Waals surface area contributed by atoms with Gasteiger partial charge in [0.05, 0.1) is 16.2 Å². The fraction of sp³-hybridized carbons (Fsp3) is 0.167. The molecule has 1 heterocycles. The number of carbonyl (C=O) groups excluding carboxylic acids is 1. The SMILES string of the molecule is Cc1cc(NC(=O)c2cc([N+](=O)[O-])ccc2F)n(C)n1. The number of benzene rings is 1. The maximum absolute atomic E-state index is 13.6. The highest BCUT2D eigenvalue weighted by Crippen LogP contribution is 2.18. The molecular formula is C12H11FN4O3. The van der Waals surface area contributed by atoms with Crippen molar-refractivity contribution in [3.63, 3.8) is 0 Å². The molecule has 0 fully saturated rings. The lowest BCUT2D eigenvalue weighted by Crippen LogP contribution is -2.16. The van der Waals surface area contributed by atoms with Gasteiger partial charge in [0.25, 0.3) is 11.6 Å². The maximum atomic E-state index is 13.6. The quantitative estimate of drug-likeness (QED) is 0.687. The van der Waals surface area contributed by atoms with Crippen LogP contribution in [0.1, 0.15) is 16.1 Å². The number of nitrogens with one attached hydrogen (secondary N) is 1. The van der Waals surface area contributed by atoms with Gasteiger partial charge in [-0.2, -0.15) is 5.10 Å². The number of nitrogens with zero attached hydrogens (tertiary/aromatic N) is 3. The predicted molar refractivity (Wildman–Crippen MR) is 69.0 cm³/mol. The van der Waals surface area contributed by atoms with E-state index in [1.807, 2.05) is 0 Å². The van der Waals surface area contributed by atoms with Crippen molar-refractivity contribution in [3.8, 4) is 0 Å². The summed E-state index contributed by atoms with van der Waals surface area (Å²) in [6.45, 7) is 1.74. The average molecular weight is 278 g/mol. The zero-order valence-corrected chi connectivity index (χ0v) is 10.8. The van der Waals surface area contributed by atoms with Crippen molar-refractivity contribution in [1.29, 1.82) is 0 Å². The topological polar surface area (TPSA) is 90.1 Å². The number of non-ortho nitro benzene ring substituents is 1. The van der Waals surface area contributed by atoms with Gasteiger partial charge in [0, 0.05) is 25.2 Å². The van der Waals surface area contributed by atoms with E-state index in [9.17, 15) is 19.3 Å². The summed E-state index contributed by atoms with van der Waals surface area (Å²) < 4.78 is 15.0. The highest BCUT2D eigenvalue weighted by Gasteiger charge is 2.18. The van der Waals surface area contributed by atoms with E-state index >= 15 is 0 Å². The highest BCUT2D eigenvalue weighted by atomic mass is 19.1. The van der Waals surface area contributed by atoms with Crippen molar-refractivity contribution in [3.05, 3.63) is 51.5 Å². The summed E-state index contributed by atoms with van der Waals surface area (Å²) in [5, 5.41) is 17.1. The Hall–Kier alpha value is -2.77. The van der Waals surface area contributed by atoms with Gasteiger partial charge >= 0.3 is 0 Å². The summed E-state index contributed by atoms with van der Waals surface area (Å²) >= 11 is 0. The van der Waals surface area contributed by atoms with E-state index in [2.05, 4.69) is 10.4 Å². The molecule has 0 aliphatic heterocycles. The Morgan fingerprint density at radius 1 is 1.45 bits per heavy atom. The summed E-state index contributed by atoms with van der Waals surface area (Å²) in [4.78, 5) is 21.9. The summed E-state index contributed by atoms with van der Waals surface area (Å²) in [6, 6.07) is 4.39. The molecule has 1 N–H and O–H groups in total. The Labute approximate surface area is 113 Å². The monoisotopic (exact) mass is 278 g/mol. The van der Waals surface area contributed by atoms with Crippen LogP contribution in [-0.4, -0.2) is 20.6 Å². The Kier molecular flexibility index (Phi) is 3.47. The molecule has 0 bridgehead atoms. The number of halogens is 1. The van der Waals surface area contributed by atoms with Gasteiger partial charge in [0.1, 0.15) is 11.6 Å². The normalized spacial score (nSPS) is 10.3. The number of aryl methyl sites for hydroxylation is 2. The lowest BCUT2D eigenvalue weighted by molar-refractivity contribution is -0.384. The first-order valence-electron chi connectivity index (χ1n) is 5.64. The van der Waals surface area contributed by atoms with Gasteiger partial charge in [-0.1, -0.05) is 0 Å². The van der Waals surface area contributed by atoms with Gasteiger partial charge in [-0.15, -0.1) is 0 Å². The zero-order valence-electron chi connectivity index (χ0n) is 10.8. The molecule has 1 aromatic heterocycles. The third kappa shape index (κ3) is 2.63. The number of aromatic nitrogens is 2. The molecule has 104 valence electrons. The minimum atomic E-state index is -0.827. The van der Waals surface area contributed by atoms with Crippen LogP contribution in [0.15, 0.2) is 24.3 Å². The molecule has 0 aliphatic rings. The van der Waals surface area contributed by atoms with Crippen molar-refractivity contribution in [2.24, 2.45) is 7.05 Å². The fourth-order valence-electron chi connectivity index (χ4n) is 1.71. The van der Waals surface area contributed by atoms with Crippen molar-refractivity contribution in [2.75, 3.05) is 5.32 Å². The van der Waals surface area contributed by atoms with E-state index in [0.717, 1.165) is 18.2 Å². The van der Waals surface area contributed by atoms with Gasteiger partial charge in [-0.3, -0.25) is 19.6 Å². The van der Waals surface area contributed by atoms with E-state index in [0.29, 0.717) is 11.5 Å². The molecule has 7 nitrogen and oxygen atoms in total. The molecule has 0 unspecified atom stereocenters. The van der Waals surface area contributed by atoms with E-state index < -0.39 is 22.2 Å². The van der Waals surface area contributed by atoms with Gasteiger partial charge in [-0.05, 0) is 13.0 Å². The number of hydrogen-bond donors (Lipinski definition) is 1. The number of nitro groups is 1. The second kappa shape index (κ2) is 5.08. The number of carbonyl (C=O) groups is 1. The number of nitro benzene ring substituents is 1. The molecule has 0 saturated heterocycles. The first kappa shape index (κ1) is 13.7. The first-order valence-corrected chi connectivity index (χ1v) is 5.64. The van der Waals surface area contributed by atoms with E-state index in [1.54, 1.807) is 20.0 Å². The Morgan fingerprint density at radius 2 is 2.15 bits per heavy atom. The lowest BCUT2D eigenvalue weighted by atomic mass is 10.1. The number of hydrogen-bond acceptors (Lipinski definition) is 4. The first-order chi connectivity index (χ1) is 9.38. The fourth-order valence-corrected chi connectivity index (χ4v) is 1.71. The van der Waals surface area contributed by atoms with Gasteiger partial charge in [0.15, 0.2) is 0 Å². The summed E-state index contributed by atoms with van der Waals surface area (Å²) in [6.07, 6.45) is 0. The zero-order chi connectivity index (χ0) is 14.9. The predicted octanol–water partition coefficient (Wildman–Crippen LogP) is 2.03. The standard InChI is InChI=1S/C12H11FN4O3/c1-7-5-11(16(2)15-7)14-12(18)9-6-8(17(19)20)3-4-10(9)13/h3-6H,1-2H3,(H,14,18). The van der Waals surface area contributed by atoms with Crippen LogP contribution >= 0.6 is 0 Å². The molecule has 2 rings (SSSR count). The minimum Gasteiger partial charge on any atom is -0.307 e. The van der Waals surface area contributed by atoms with Crippen molar-refractivity contribution in [2.45, 2.75) is 6.92 Å². The molecule has 0 aliphatic carbocycles. The lowest BCUT2D eigenvalue weighted by Gasteiger charge is -2.06. The molecule has 20 heavy (non-hydrogen) atoms. The Morgan fingerprint density at radius 3 is 2.70 bits per heavy atom. The average Bonchev–Trinajstić information content (AvgIpc) is 2.67. The third-order valence-electron chi connectivity index (χ3n) is 2.65. The molecule has 1 aromatic carbocycles. The van der Waals surface area contributed by atoms with Gasteiger partial charge in [-0.25, -0.2) is 4.39 Å². The van der Waals surface area contributed by atoms with Crippen molar-refractivity contribution < 1.29 is 14.1 Å². The van der Waals surface area contributed by atoms with E-state index in [1.165, 1.54) is 4.68 Å². The smallest absolute Gasteiger partial charge is 0.270 e. The number of anilines is 1. The third-order valence-corrected chi connectivity index (χ3v) is 2.65. The Bertz CT molecular complexity index is 696. The number of rotatable bonds is 3. The Balaban J connectivity index is 2.31. The van der Waals surface area contributed by atoms with Crippen molar-refractivity contribution >= 4 is 17.4 Å². The molecule has 0 radical (unpaired) electrons. The number of amides is 1. The van der Waals surface area contributed by atoms with Crippen LogP contribution < -0.4 is 5.32 Å². The maximum Gasteiger partial charge on any atom is 0.270 e. The molecule has 0 saturated carbocycles. The van der Waals surface area contributed by atoms with Crippen LogP contribution in [0.4, 0.5) is 15.9 Å². The molecule has 2 aromatic rings. The van der Waals surface area contributed by atoms with Crippen LogP contribution in [0.25, 0.3) is 0 Å². The molecular weight excluding hydrogens is 267 g/mol. The van der Waals surface area contributed by atoms with Crippen LogP contribution in [0.3, 0.4) is 0 Å². The van der Waals surface area contributed by atoms with Gasteiger partial charge < -0.3 is 5.32 Å². The molecule has 0 atom stereocenters. The largest absolute Gasteiger partial charge is 0.307 e. The summed E-state index contributed by atoms with van der Waals surface area (Å²) in [5.74, 6) is -1.22. The van der Waals surface area contributed by atoms with Crippen LogP contribution in [0.2, 0.25) is 0 Å². The highest BCUT2D eigenvalue weighted by molar-refractivity contribution is 6.04. The molecule has 0 spiro atoms. The van der Waals surface area contributed by atoms with Gasteiger partial charge in [0.2, 0.25) is 0 Å². The van der Waals surface area contributed by atoms with Crippen LogP contribution in [-0.2, 0) is 7.05 Å². The van der Waals surface area contributed by atoms with Crippen molar-refractivity contribution in [1.82, 2.24) is 9.78 Å². The minimum absolute atomic E-state index is 0.349. The van der Waals surface area contributed by atoms with Crippen LogP contribution in [0.5, 0.6) is 0 Å².